The maximum atomic E-state index is 12.8. The molecule has 1 fully saturated rings. The maximum absolute atomic E-state index is 12.8. The van der Waals surface area contributed by atoms with Crippen molar-refractivity contribution in [1.82, 2.24) is 10.0 Å². The Kier molecular flexibility index (Phi) is 6.48. The summed E-state index contributed by atoms with van der Waals surface area (Å²) in [5.41, 5.74) is -1.40. The van der Waals surface area contributed by atoms with E-state index in [1.165, 1.54) is 32.2 Å². The molecular weight excluding hydrogens is 372 g/mol. The van der Waals surface area contributed by atoms with Crippen LogP contribution in [-0.2, 0) is 14.8 Å². The molecule has 1 amide bonds. The highest BCUT2D eigenvalue weighted by atomic mass is 32.2. The van der Waals surface area contributed by atoms with E-state index in [0.29, 0.717) is 0 Å². The molecule has 2 rings (SSSR count). The van der Waals surface area contributed by atoms with E-state index in [-0.39, 0.29) is 28.7 Å². The average molecular weight is 398 g/mol. The number of carbonyl (C=O) groups is 2. The van der Waals surface area contributed by atoms with Crippen molar-refractivity contribution < 1.29 is 27.9 Å². The van der Waals surface area contributed by atoms with Crippen LogP contribution in [0.25, 0.3) is 0 Å². The summed E-state index contributed by atoms with van der Waals surface area (Å²) in [6.45, 7) is 3.04. The molecule has 0 aromatic heterocycles. The van der Waals surface area contributed by atoms with Gasteiger partial charge in [-0.1, -0.05) is 19.8 Å². The minimum atomic E-state index is -3.88. The zero-order valence-electron chi connectivity index (χ0n) is 15.7. The topological polar surface area (TPSA) is 122 Å². The van der Waals surface area contributed by atoms with Crippen molar-refractivity contribution in [2.75, 3.05) is 7.11 Å². The molecule has 0 saturated heterocycles. The van der Waals surface area contributed by atoms with Crippen LogP contribution >= 0.6 is 0 Å². The second-order valence-electron chi connectivity index (χ2n) is 6.91. The van der Waals surface area contributed by atoms with Gasteiger partial charge in [0.25, 0.3) is 5.91 Å². The number of benzene rings is 1. The molecule has 0 aliphatic heterocycles. The van der Waals surface area contributed by atoms with Gasteiger partial charge in [-0.25, -0.2) is 17.9 Å². The first-order valence-electron chi connectivity index (χ1n) is 8.89. The number of hydrogen-bond donors (Lipinski definition) is 3. The van der Waals surface area contributed by atoms with Crippen molar-refractivity contribution in [3.8, 4) is 5.75 Å². The van der Waals surface area contributed by atoms with Gasteiger partial charge >= 0.3 is 5.97 Å². The second-order valence-corrected chi connectivity index (χ2v) is 8.60. The SMILES string of the molecule is CCC(C)(NC(=O)c1ccc(OC)c(S(=O)(=O)NC2CCCC2)c1)C(=O)O. The van der Waals surface area contributed by atoms with Crippen LogP contribution in [0.1, 0.15) is 56.3 Å². The van der Waals surface area contributed by atoms with E-state index in [4.69, 9.17) is 4.74 Å². The van der Waals surface area contributed by atoms with Gasteiger partial charge in [0.05, 0.1) is 7.11 Å². The zero-order valence-corrected chi connectivity index (χ0v) is 16.6. The van der Waals surface area contributed by atoms with Crippen molar-refractivity contribution >= 4 is 21.9 Å². The summed E-state index contributed by atoms with van der Waals surface area (Å²) in [6, 6.07) is 3.87. The van der Waals surface area contributed by atoms with E-state index >= 15 is 0 Å². The van der Waals surface area contributed by atoms with E-state index in [2.05, 4.69) is 10.0 Å². The van der Waals surface area contributed by atoms with Crippen LogP contribution in [0.4, 0.5) is 0 Å². The number of methoxy groups -OCH3 is 1. The van der Waals surface area contributed by atoms with E-state index in [9.17, 15) is 23.1 Å². The van der Waals surface area contributed by atoms with Crippen molar-refractivity contribution in [3.63, 3.8) is 0 Å². The van der Waals surface area contributed by atoms with Gasteiger partial charge in [-0.2, -0.15) is 0 Å². The summed E-state index contributed by atoms with van der Waals surface area (Å²) in [6.07, 6.45) is 3.66. The van der Waals surface area contributed by atoms with Gasteiger partial charge in [0.2, 0.25) is 10.0 Å². The summed E-state index contributed by atoms with van der Waals surface area (Å²) in [7, 11) is -2.53. The third-order valence-electron chi connectivity index (χ3n) is 4.96. The van der Waals surface area contributed by atoms with Crippen molar-refractivity contribution in [1.29, 1.82) is 0 Å². The number of carbonyl (C=O) groups excluding carboxylic acids is 1. The molecule has 1 saturated carbocycles. The number of carboxylic acids is 1. The molecular formula is C18H26N2O6S. The Hall–Kier alpha value is -2.13. The predicted molar refractivity (Wildman–Crippen MR) is 99.4 cm³/mol. The number of hydrogen-bond acceptors (Lipinski definition) is 5. The highest BCUT2D eigenvalue weighted by Crippen LogP contribution is 2.27. The zero-order chi connectivity index (χ0) is 20.2. The lowest BCUT2D eigenvalue weighted by molar-refractivity contribution is -0.143. The van der Waals surface area contributed by atoms with Crippen LogP contribution < -0.4 is 14.8 Å². The van der Waals surface area contributed by atoms with E-state index < -0.39 is 27.4 Å². The van der Waals surface area contributed by atoms with E-state index in [0.717, 1.165) is 25.7 Å². The number of rotatable bonds is 8. The van der Waals surface area contributed by atoms with Crippen LogP contribution in [0.5, 0.6) is 5.75 Å². The molecule has 150 valence electrons. The Morgan fingerprint density at radius 2 is 1.93 bits per heavy atom. The first kappa shape index (κ1) is 21.2. The predicted octanol–water partition coefficient (Wildman–Crippen LogP) is 1.90. The number of ether oxygens (including phenoxy) is 1. The molecule has 0 bridgehead atoms. The average Bonchev–Trinajstić information content (AvgIpc) is 3.12. The normalized spacial score (nSPS) is 17.3. The Morgan fingerprint density at radius 1 is 1.30 bits per heavy atom. The fourth-order valence-electron chi connectivity index (χ4n) is 2.97. The van der Waals surface area contributed by atoms with Gasteiger partial charge in [0.1, 0.15) is 16.2 Å². The molecule has 1 unspecified atom stereocenters. The molecule has 1 aromatic carbocycles. The molecule has 0 heterocycles. The van der Waals surface area contributed by atoms with Crippen molar-refractivity contribution in [2.24, 2.45) is 0 Å². The van der Waals surface area contributed by atoms with Gasteiger partial charge in [-0.3, -0.25) is 4.79 Å². The summed E-state index contributed by atoms with van der Waals surface area (Å²) in [5, 5.41) is 11.8. The van der Waals surface area contributed by atoms with Crippen LogP contribution in [0.3, 0.4) is 0 Å². The fourth-order valence-corrected chi connectivity index (χ4v) is 4.47. The minimum absolute atomic E-state index is 0.0449. The van der Waals surface area contributed by atoms with Gasteiger partial charge < -0.3 is 15.2 Å². The largest absolute Gasteiger partial charge is 0.495 e. The van der Waals surface area contributed by atoms with Crippen LogP contribution in [0.15, 0.2) is 23.1 Å². The standard InChI is InChI=1S/C18H26N2O6S/c1-4-18(2,17(22)23)19-16(21)12-9-10-14(26-3)15(11-12)27(24,25)20-13-7-5-6-8-13/h9-11,13,20H,4-8H2,1-3H3,(H,19,21)(H,22,23). The Morgan fingerprint density at radius 3 is 2.44 bits per heavy atom. The first-order chi connectivity index (χ1) is 12.6. The summed E-state index contributed by atoms with van der Waals surface area (Å²) >= 11 is 0. The summed E-state index contributed by atoms with van der Waals surface area (Å²) < 4.78 is 33.4. The Bertz CT molecular complexity index is 817. The monoisotopic (exact) mass is 398 g/mol. The lowest BCUT2D eigenvalue weighted by Gasteiger charge is -2.24. The molecule has 1 aliphatic carbocycles. The Labute approximate surface area is 159 Å². The molecule has 8 nitrogen and oxygen atoms in total. The Balaban J connectivity index is 2.34. The van der Waals surface area contributed by atoms with Gasteiger partial charge in [0.15, 0.2) is 0 Å². The molecule has 0 spiro atoms. The molecule has 1 aromatic rings. The lowest BCUT2D eigenvalue weighted by Crippen LogP contribution is -2.51. The number of sulfonamides is 1. The summed E-state index contributed by atoms with van der Waals surface area (Å²) in [5.74, 6) is -1.71. The number of carboxylic acid groups (broad SMARTS) is 1. The van der Waals surface area contributed by atoms with Gasteiger partial charge in [-0.05, 0) is 44.4 Å². The maximum Gasteiger partial charge on any atom is 0.329 e. The molecule has 9 heteroatoms. The van der Waals surface area contributed by atoms with Gasteiger partial charge in [-0.15, -0.1) is 0 Å². The molecule has 1 atom stereocenters. The smallest absolute Gasteiger partial charge is 0.329 e. The number of nitrogens with one attached hydrogen (secondary N) is 2. The third-order valence-corrected chi connectivity index (χ3v) is 6.50. The van der Waals surface area contributed by atoms with E-state index in [1.807, 2.05) is 0 Å². The second kappa shape index (κ2) is 8.26. The quantitative estimate of drug-likeness (QED) is 0.615. The molecule has 0 radical (unpaired) electrons. The molecule has 1 aliphatic rings. The van der Waals surface area contributed by atoms with Crippen molar-refractivity contribution in [2.45, 2.75) is 62.4 Å². The highest BCUT2D eigenvalue weighted by molar-refractivity contribution is 7.89. The van der Waals surface area contributed by atoms with Crippen LogP contribution in [-0.4, -0.2) is 44.1 Å². The lowest BCUT2D eigenvalue weighted by atomic mass is 9.98. The van der Waals surface area contributed by atoms with Crippen molar-refractivity contribution in [3.05, 3.63) is 23.8 Å². The number of aliphatic carboxylic acids is 1. The molecule has 27 heavy (non-hydrogen) atoms. The molecule has 3 N–H and O–H groups in total. The van der Waals surface area contributed by atoms with Crippen LogP contribution in [0, 0.1) is 0 Å². The fraction of sp³-hybridized carbons (Fsp3) is 0.556. The third kappa shape index (κ3) is 4.78. The first-order valence-corrected chi connectivity index (χ1v) is 10.4. The van der Waals surface area contributed by atoms with Crippen LogP contribution in [0.2, 0.25) is 0 Å². The summed E-state index contributed by atoms with van der Waals surface area (Å²) in [4.78, 5) is 23.8. The van der Waals surface area contributed by atoms with E-state index in [1.54, 1.807) is 6.92 Å². The minimum Gasteiger partial charge on any atom is -0.495 e. The highest BCUT2D eigenvalue weighted by Gasteiger charge is 2.34. The number of amides is 1. The van der Waals surface area contributed by atoms with Gasteiger partial charge in [0, 0.05) is 11.6 Å².